The Bertz CT molecular complexity index is 1170. The predicted molar refractivity (Wildman–Crippen MR) is 162 cm³/mol. The third-order valence-corrected chi connectivity index (χ3v) is 5.64. The molecule has 0 aromatic heterocycles. The first-order valence-corrected chi connectivity index (χ1v) is 12.5. The molecular formula is C31H41N7. The van der Waals surface area contributed by atoms with Crippen LogP contribution in [0.1, 0.15) is 43.9 Å². The Labute approximate surface area is 229 Å². The van der Waals surface area contributed by atoms with Gasteiger partial charge in [-0.25, -0.2) is 0 Å². The first kappa shape index (κ1) is 31.7. The number of hydrogen-bond acceptors (Lipinski definition) is 7. The zero-order valence-corrected chi connectivity index (χ0v) is 23.4. The highest BCUT2D eigenvalue weighted by Crippen LogP contribution is 2.22. The molecule has 1 aliphatic heterocycles. The van der Waals surface area contributed by atoms with Gasteiger partial charge in [0.1, 0.15) is 11.9 Å². The van der Waals surface area contributed by atoms with E-state index in [1.807, 2.05) is 45.1 Å². The van der Waals surface area contributed by atoms with Crippen molar-refractivity contribution in [1.82, 2.24) is 20.9 Å². The van der Waals surface area contributed by atoms with Gasteiger partial charge in [0.25, 0.3) is 0 Å². The lowest BCUT2D eigenvalue weighted by atomic mass is 9.99. The Morgan fingerprint density at radius 3 is 2.45 bits per heavy atom. The summed E-state index contributed by atoms with van der Waals surface area (Å²) in [5, 5.41) is 19.4. The van der Waals surface area contributed by atoms with Gasteiger partial charge < -0.3 is 20.9 Å². The molecule has 1 heterocycles. The van der Waals surface area contributed by atoms with Crippen LogP contribution in [0.3, 0.4) is 0 Å². The first-order chi connectivity index (χ1) is 18.2. The van der Waals surface area contributed by atoms with E-state index in [1.165, 1.54) is 0 Å². The number of allylic oxidation sites excluding steroid dienone is 3. The molecule has 38 heavy (non-hydrogen) atoms. The lowest BCUT2D eigenvalue weighted by Crippen LogP contribution is -2.26. The van der Waals surface area contributed by atoms with Gasteiger partial charge in [-0.15, -0.1) is 12.8 Å². The minimum Gasteiger partial charge on any atom is -0.377 e. The zero-order chi connectivity index (χ0) is 28.7. The molecule has 0 unspecified atom stereocenters. The summed E-state index contributed by atoms with van der Waals surface area (Å²) >= 11 is 0. The smallest absolute Gasteiger partial charge is 0.132 e. The van der Waals surface area contributed by atoms with Crippen molar-refractivity contribution in [3.63, 3.8) is 0 Å². The molecule has 7 heteroatoms. The van der Waals surface area contributed by atoms with Crippen LogP contribution >= 0.6 is 0 Å². The highest BCUT2D eigenvalue weighted by molar-refractivity contribution is 6.09. The van der Waals surface area contributed by atoms with Crippen LogP contribution in [0.15, 0.2) is 94.5 Å². The van der Waals surface area contributed by atoms with E-state index >= 15 is 0 Å². The van der Waals surface area contributed by atoms with Crippen molar-refractivity contribution in [2.45, 2.75) is 32.7 Å². The van der Waals surface area contributed by atoms with Crippen LogP contribution in [0.5, 0.6) is 0 Å². The Hall–Kier alpha value is -4.33. The number of nitriles is 1. The minimum atomic E-state index is 0.0483. The fourth-order valence-corrected chi connectivity index (χ4v) is 3.70. The van der Waals surface area contributed by atoms with Crippen molar-refractivity contribution in [3.05, 3.63) is 95.6 Å². The number of amidine groups is 1. The number of terminal acetylenes is 1. The van der Waals surface area contributed by atoms with Gasteiger partial charge in [-0.2, -0.15) is 5.26 Å². The van der Waals surface area contributed by atoms with Crippen LogP contribution < -0.4 is 16.0 Å². The van der Waals surface area contributed by atoms with Crippen molar-refractivity contribution in [2.24, 2.45) is 9.98 Å². The monoisotopic (exact) mass is 511 g/mol. The number of likely N-dealkylation sites (N-methyl/N-ethyl adjacent to an activating group) is 2. The van der Waals surface area contributed by atoms with Crippen LogP contribution in [0, 0.1) is 24.2 Å². The normalized spacial score (nSPS) is 14.3. The number of rotatable bonds is 13. The number of hydrogen-bond donors (Lipinski definition) is 3. The Morgan fingerprint density at radius 2 is 1.95 bits per heavy atom. The summed E-state index contributed by atoms with van der Waals surface area (Å²) in [5.74, 6) is 0.855. The summed E-state index contributed by atoms with van der Waals surface area (Å²) in [5.41, 5.74) is 6.33. The van der Waals surface area contributed by atoms with Crippen LogP contribution in [-0.4, -0.2) is 50.7 Å². The second kappa shape index (κ2) is 16.4. The molecular weight excluding hydrogens is 470 g/mol. The molecule has 1 aliphatic rings. The van der Waals surface area contributed by atoms with Crippen LogP contribution in [0.2, 0.25) is 0 Å². The second-order valence-electron chi connectivity index (χ2n) is 8.89. The van der Waals surface area contributed by atoms with Gasteiger partial charge in [-0.05, 0) is 38.1 Å². The van der Waals surface area contributed by atoms with E-state index in [-0.39, 0.29) is 6.04 Å². The molecule has 0 spiro atoms. The van der Waals surface area contributed by atoms with Crippen LogP contribution in [-0.2, 0) is 0 Å². The standard InChI is InChI=1S/C29H39N7.C2H2/c1-9-10-26(24-11-13-25(14-12-24)29-32-19-22(4)34-29)35-23(5)27(33-21(3)15-16-31-6)17-28(36(7)8)20(2)18-30;1-2/h11-15,17,26,31,35H,2,4-5,9-10,16,19H2,1,3,6-8H3,(H,32,34);1-2H/b21-15+,28-17-,33-27+;/t26-;/m0./s1. The molecule has 0 amide bonds. The summed E-state index contributed by atoms with van der Waals surface area (Å²) < 4.78 is 0. The van der Waals surface area contributed by atoms with Gasteiger partial charge in [0, 0.05) is 37.6 Å². The molecule has 0 aliphatic carbocycles. The Morgan fingerprint density at radius 1 is 1.29 bits per heavy atom. The number of nitrogens with zero attached hydrogens (tertiary/aromatic N) is 4. The average Bonchev–Trinajstić information content (AvgIpc) is 3.36. The molecule has 1 atom stereocenters. The molecule has 0 saturated heterocycles. The molecule has 0 radical (unpaired) electrons. The van der Waals surface area contributed by atoms with Crippen molar-refractivity contribution in [2.75, 3.05) is 34.2 Å². The third-order valence-electron chi connectivity index (χ3n) is 5.64. The Balaban J connectivity index is 0.00000352. The summed E-state index contributed by atoms with van der Waals surface area (Å²) in [7, 11) is 5.65. The topological polar surface area (TPSA) is 87.8 Å². The highest BCUT2D eigenvalue weighted by atomic mass is 15.1. The quantitative estimate of drug-likeness (QED) is 0.153. The minimum absolute atomic E-state index is 0.0483. The maximum absolute atomic E-state index is 9.45. The lowest BCUT2D eigenvalue weighted by molar-refractivity contribution is 0.526. The zero-order valence-electron chi connectivity index (χ0n) is 23.4. The Kier molecular flexibility index (Phi) is 13.7. The summed E-state index contributed by atoms with van der Waals surface area (Å²) in [4.78, 5) is 11.2. The van der Waals surface area contributed by atoms with Crippen LogP contribution in [0.4, 0.5) is 0 Å². The van der Waals surface area contributed by atoms with E-state index in [4.69, 9.17) is 4.99 Å². The fourth-order valence-electron chi connectivity index (χ4n) is 3.70. The van der Waals surface area contributed by atoms with Gasteiger partial charge in [0.05, 0.1) is 35.3 Å². The van der Waals surface area contributed by atoms with Crippen molar-refractivity contribution in [1.29, 1.82) is 5.26 Å². The number of benzene rings is 1. The van der Waals surface area contributed by atoms with Crippen molar-refractivity contribution >= 4 is 11.5 Å². The third kappa shape index (κ3) is 9.61. The van der Waals surface area contributed by atoms with E-state index < -0.39 is 0 Å². The lowest BCUT2D eigenvalue weighted by Gasteiger charge is -2.23. The summed E-state index contributed by atoms with van der Waals surface area (Å²) in [6.07, 6.45) is 13.8. The average molecular weight is 512 g/mol. The SMILES string of the molecule is C#C.C=C1CN=C(c2ccc([C@H](CCC)NC(=C)C(/C=C(/C(=C)C#N)N(C)C)=N/C(C)=C/CNC)cc2)N1. The van der Waals surface area contributed by atoms with Gasteiger partial charge in [0.15, 0.2) is 0 Å². The van der Waals surface area contributed by atoms with Crippen molar-refractivity contribution < 1.29 is 0 Å². The predicted octanol–water partition coefficient (Wildman–Crippen LogP) is 4.83. The second-order valence-corrected chi connectivity index (χ2v) is 8.89. The number of aliphatic imine (C=N–C) groups is 2. The van der Waals surface area contributed by atoms with Gasteiger partial charge in [0.2, 0.25) is 0 Å². The van der Waals surface area contributed by atoms with E-state index in [1.54, 1.807) is 0 Å². The molecule has 0 bridgehead atoms. The van der Waals surface area contributed by atoms with E-state index in [0.717, 1.165) is 41.2 Å². The highest BCUT2D eigenvalue weighted by Gasteiger charge is 2.17. The van der Waals surface area contributed by atoms with Gasteiger partial charge in [-0.1, -0.05) is 57.3 Å². The maximum Gasteiger partial charge on any atom is 0.132 e. The van der Waals surface area contributed by atoms with Gasteiger partial charge >= 0.3 is 0 Å². The number of nitrogens with one attached hydrogen (secondary N) is 3. The molecule has 3 N–H and O–H groups in total. The molecule has 1 aromatic carbocycles. The van der Waals surface area contributed by atoms with E-state index in [0.29, 0.717) is 35.8 Å². The summed E-state index contributed by atoms with van der Waals surface area (Å²) in [6, 6.07) is 10.6. The molecule has 1 aromatic rings. The maximum atomic E-state index is 9.45. The largest absolute Gasteiger partial charge is 0.377 e. The van der Waals surface area contributed by atoms with Gasteiger partial charge in [-0.3, -0.25) is 9.98 Å². The summed E-state index contributed by atoms with van der Waals surface area (Å²) in [6.45, 7) is 17.6. The van der Waals surface area contributed by atoms with Crippen molar-refractivity contribution in [3.8, 4) is 18.9 Å². The first-order valence-electron chi connectivity index (χ1n) is 12.5. The molecule has 2 rings (SSSR count). The fraction of sp³-hybridized carbons (Fsp3) is 0.323. The molecule has 0 saturated carbocycles. The molecule has 200 valence electrons. The van der Waals surface area contributed by atoms with E-state index in [9.17, 15) is 5.26 Å². The van der Waals surface area contributed by atoms with E-state index in [2.05, 4.69) is 90.8 Å². The molecule has 7 nitrogen and oxygen atoms in total. The molecule has 0 fully saturated rings. The van der Waals surface area contributed by atoms with Crippen LogP contribution in [0.25, 0.3) is 0 Å².